The van der Waals surface area contributed by atoms with Gasteiger partial charge in [0.05, 0.1) is 13.5 Å². The molecule has 0 radical (unpaired) electrons. The Hall–Kier alpha value is -1.13. The zero-order chi connectivity index (χ0) is 11.4. The molecule has 0 heterocycles. The van der Waals surface area contributed by atoms with Gasteiger partial charge in [-0.2, -0.15) is 0 Å². The van der Waals surface area contributed by atoms with Crippen LogP contribution in [0.2, 0.25) is 0 Å². The van der Waals surface area contributed by atoms with Crippen molar-refractivity contribution in [3.63, 3.8) is 0 Å². The summed E-state index contributed by atoms with van der Waals surface area (Å²) in [7, 11) is 1.30. The Labute approximate surface area is 100 Å². The minimum Gasteiger partial charge on any atom is -0.469 e. The lowest BCUT2D eigenvalue weighted by Crippen LogP contribution is -2.17. The van der Waals surface area contributed by atoms with Crippen LogP contribution < -0.4 is 5.73 Å². The molecule has 1 aromatic rings. The number of esters is 1. The highest BCUT2D eigenvalue weighted by Gasteiger charge is 2.14. The van der Waals surface area contributed by atoms with Gasteiger partial charge in [0.2, 0.25) is 0 Å². The summed E-state index contributed by atoms with van der Waals surface area (Å²) in [6.07, 6.45) is 0.0563. The number of methoxy groups -OCH3 is 1. The Morgan fingerprint density at radius 3 is 2.75 bits per heavy atom. The number of ether oxygens (including phenoxy) is 1. The van der Waals surface area contributed by atoms with Crippen molar-refractivity contribution in [1.82, 2.24) is 0 Å². The summed E-state index contributed by atoms with van der Waals surface area (Å²) in [6.45, 7) is 1.83. The van der Waals surface area contributed by atoms with Crippen LogP contribution in [0, 0.1) is 12.7 Å². The number of hydrogen-bond acceptors (Lipinski definition) is 3. The number of carbonyl (C=O) groups excluding carboxylic acids is 1. The van der Waals surface area contributed by atoms with Crippen LogP contribution in [0.25, 0.3) is 0 Å². The largest absolute Gasteiger partial charge is 0.469 e. The van der Waals surface area contributed by atoms with Gasteiger partial charge in [-0.15, -0.1) is 12.4 Å². The average molecular weight is 248 g/mol. The van der Waals surface area contributed by atoms with E-state index in [1.165, 1.54) is 19.2 Å². The standard InChI is InChI=1S/C11H14FNO2.ClH/c1-7-3-4-8(12)5-9(7)10(13)6-11(14)15-2;/h3-5,10H,6,13H2,1-2H3;1H/t10-;/m1./s1. The summed E-state index contributed by atoms with van der Waals surface area (Å²) in [5.74, 6) is -0.748. The average Bonchev–Trinajstić information content (AvgIpc) is 2.21. The van der Waals surface area contributed by atoms with E-state index in [9.17, 15) is 9.18 Å². The summed E-state index contributed by atoms with van der Waals surface area (Å²) in [4.78, 5) is 11.0. The number of rotatable bonds is 3. The first kappa shape index (κ1) is 14.9. The summed E-state index contributed by atoms with van der Waals surface area (Å²) >= 11 is 0. The highest BCUT2D eigenvalue weighted by atomic mass is 35.5. The highest BCUT2D eigenvalue weighted by molar-refractivity contribution is 5.85. The second-order valence-corrected chi connectivity index (χ2v) is 3.39. The van der Waals surface area contributed by atoms with E-state index in [0.29, 0.717) is 5.56 Å². The molecule has 1 aromatic carbocycles. The minimum absolute atomic E-state index is 0. The maximum absolute atomic E-state index is 13.0. The van der Waals surface area contributed by atoms with Crippen LogP contribution >= 0.6 is 12.4 Å². The third-order valence-corrected chi connectivity index (χ3v) is 2.26. The number of aryl methyl sites for hydroxylation is 1. The van der Waals surface area contributed by atoms with Gasteiger partial charge in [-0.05, 0) is 30.2 Å². The Morgan fingerprint density at radius 1 is 1.56 bits per heavy atom. The maximum atomic E-state index is 13.0. The van der Waals surface area contributed by atoms with Crippen LogP contribution in [-0.2, 0) is 9.53 Å². The van der Waals surface area contributed by atoms with Gasteiger partial charge in [-0.1, -0.05) is 6.07 Å². The molecule has 5 heteroatoms. The monoisotopic (exact) mass is 247 g/mol. The summed E-state index contributed by atoms with van der Waals surface area (Å²) in [5, 5.41) is 0. The maximum Gasteiger partial charge on any atom is 0.307 e. The van der Waals surface area contributed by atoms with Crippen molar-refractivity contribution in [3.8, 4) is 0 Å². The van der Waals surface area contributed by atoms with Gasteiger partial charge >= 0.3 is 5.97 Å². The van der Waals surface area contributed by atoms with E-state index in [-0.39, 0.29) is 24.6 Å². The molecule has 0 aliphatic heterocycles. The predicted molar refractivity (Wildman–Crippen MR) is 61.9 cm³/mol. The molecule has 1 atom stereocenters. The van der Waals surface area contributed by atoms with Crippen molar-refractivity contribution in [2.45, 2.75) is 19.4 Å². The van der Waals surface area contributed by atoms with Crippen molar-refractivity contribution < 1.29 is 13.9 Å². The van der Waals surface area contributed by atoms with Gasteiger partial charge in [0.25, 0.3) is 0 Å². The van der Waals surface area contributed by atoms with Crippen LogP contribution in [0.4, 0.5) is 4.39 Å². The quantitative estimate of drug-likeness (QED) is 0.833. The highest BCUT2D eigenvalue weighted by Crippen LogP contribution is 2.19. The van der Waals surface area contributed by atoms with Crippen LogP contribution in [0.3, 0.4) is 0 Å². The van der Waals surface area contributed by atoms with E-state index in [0.717, 1.165) is 5.56 Å². The number of halogens is 2. The van der Waals surface area contributed by atoms with Crippen molar-refractivity contribution in [3.05, 3.63) is 35.1 Å². The first-order chi connectivity index (χ1) is 7.04. The van der Waals surface area contributed by atoms with Crippen molar-refractivity contribution in [1.29, 1.82) is 0 Å². The lowest BCUT2D eigenvalue weighted by atomic mass is 9.99. The molecule has 0 aromatic heterocycles. The predicted octanol–water partition coefficient (Wildman–Crippen LogP) is 2.12. The Bertz CT molecular complexity index is 371. The van der Waals surface area contributed by atoms with Gasteiger partial charge in [0, 0.05) is 6.04 Å². The molecule has 90 valence electrons. The van der Waals surface area contributed by atoms with Gasteiger partial charge in [0.1, 0.15) is 5.82 Å². The Kier molecular flexibility index (Phi) is 6.00. The lowest BCUT2D eigenvalue weighted by Gasteiger charge is -2.13. The molecule has 0 fully saturated rings. The van der Waals surface area contributed by atoms with Crippen molar-refractivity contribution in [2.75, 3.05) is 7.11 Å². The molecule has 0 unspecified atom stereocenters. The third kappa shape index (κ3) is 3.79. The molecule has 0 bridgehead atoms. The fraction of sp³-hybridized carbons (Fsp3) is 0.364. The molecule has 16 heavy (non-hydrogen) atoms. The molecule has 0 saturated heterocycles. The number of benzene rings is 1. The van der Waals surface area contributed by atoms with Gasteiger partial charge in [-0.3, -0.25) is 4.79 Å². The molecule has 0 aliphatic carbocycles. The fourth-order valence-corrected chi connectivity index (χ4v) is 1.38. The Balaban J connectivity index is 0.00000225. The van der Waals surface area contributed by atoms with E-state index in [2.05, 4.69) is 4.74 Å². The molecular formula is C11H15ClFNO2. The zero-order valence-corrected chi connectivity index (χ0v) is 10.0. The second-order valence-electron chi connectivity index (χ2n) is 3.39. The third-order valence-electron chi connectivity index (χ3n) is 2.26. The molecular weight excluding hydrogens is 233 g/mol. The molecule has 0 saturated carbocycles. The van der Waals surface area contributed by atoms with E-state index in [1.807, 2.05) is 6.92 Å². The Morgan fingerprint density at radius 2 is 2.19 bits per heavy atom. The van der Waals surface area contributed by atoms with Gasteiger partial charge in [0.15, 0.2) is 0 Å². The smallest absolute Gasteiger partial charge is 0.307 e. The fourth-order valence-electron chi connectivity index (χ4n) is 1.38. The van der Waals surface area contributed by atoms with Crippen LogP contribution in [0.15, 0.2) is 18.2 Å². The first-order valence-electron chi connectivity index (χ1n) is 4.63. The number of hydrogen-bond donors (Lipinski definition) is 1. The second kappa shape index (κ2) is 6.45. The molecule has 0 spiro atoms. The van der Waals surface area contributed by atoms with Crippen LogP contribution in [0.1, 0.15) is 23.6 Å². The van der Waals surface area contributed by atoms with Gasteiger partial charge < -0.3 is 10.5 Å². The van der Waals surface area contributed by atoms with Crippen molar-refractivity contribution in [2.24, 2.45) is 5.73 Å². The molecule has 0 aliphatic rings. The van der Waals surface area contributed by atoms with E-state index >= 15 is 0 Å². The molecule has 2 N–H and O–H groups in total. The van der Waals surface area contributed by atoms with E-state index in [4.69, 9.17) is 5.73 Å². The molecule has 1 rings (SSSR count). The number of carbonyl (C=O) groups is 1. The number of nitrogens with two attached hydrogens (primary N) is 1. The molecule has 0 amide bonds. The summed E-state index contributed by atoms with van der Waals surface area (Å²) < 4.78 is 17.5. The summed E-state index contributed by atoms with van der Waals surface area (Å²) in [5.41, 5.74) is 7.28. The van der Waals surface area contributed by atoms with Crippen LogP contribution in [-0.4, -0.2) is 13.1 Å². The van der Waals surface area contributed by atoms with Gasteiger partial charge in [-0.25, -0.2) is 4.39 Å². The van der Waals surface area contributed by atoms with Crippen LogP contribution in [0.5, 0.6) is 0 Å². The van der Waals surface area contributed by atoms with Crippen molar-refractivity contribution >= 4 is 18.4 Å². The minimum atomic E-state index is -0.520. The molecule has 3 nitrogen and oxygen atoms in total. The van der Waals surface area contributed by atoms with E-state index < -0.39 is 12.0 Å². The zero-order valence-electron chi connectivity index (χ0n) is 9.20. The summed E-state index contributed by atoms with van der Waals surface area (Å²) in [6, 6.07) is 3.84. The topological polar surface area (TPSA) is 52.3 Å². The normalized spacial score (nSPS) is 11.5. The first-order valence-corrected chi connectivity index (χ1v) is 4.63. The lowest BCUT2D eigenvalue weighted by molar-refractivity contribution is -0.141. The van der Waals surface area contributed by atoms with E-state index in [1.54, 1.807) is 6.07 Å². The SMILES string of the molecule is COC(=O)C[C@@H](N)c1cc(F)ccc1C.Cl.